The summed E-state index contributed by atoms with van der Waals surface area (Å²) >= 11 is 6.73. The van der Waals surface area contributed by atoms with Gasteiger partial charge in [0.1, 0.15) is 41.5 Å². The van der Waals surface area contributed by atoms with Crippen LogP contribution >= 0.6 is 31.9 Å². The van der Waals surface area contributed by atoms with Gasteiger partial charge in [-0.2, -0.15) is 0 Å². The number of Topliss-reactive ketones (excluding diaryl/α,β-unsaturated/α-hetero) is 4. The smallest absolute Gasteiger partial charge is 1.00 e. The molecule has 10 aromatic rings. The molecular formula is C96H96Br2K2N6O8Si. The standard InChI is InChI=1S/C26H22N2O.C23H25NOSi.C20H17NO.C18H16BrNO.C6H6BrN.CH2O3.CH4O.CH4.2K.H/c1-17-12-22-15-24(29)16-26(28-25(22)13-18(17)2)21-8-5-7-20(14-21)10-11-23-9-4-6-19(3)27-23;1-16-11-20-14-21(25)15-23(24-22(20)12-17(16)2)19-8-6-7-18(13-19)9-10-26(3,4)5;1-4-15-6-5-7-16(10-15)20-12-18(22)11-17-8-13(2)14(3)9-19(17)21-20;1-11-6-14-9-16(21)10-18(20-17(14)7-12(11)2)13-4-3-5-15(19)8-13;1-5-3-2-4-6(7)8-5;2-1-4-3;1-2;;;;/h4-9,12-14H,15-16H2,1-3H3;6-8,11-13H,14-15H2,1-5H3;1,5-10H,11-12H2,2-3H3;3-8H,9-10H2,1-2H3;2-4H,1H3;1,3H;2H,1H3;1H4;;;/q;;;;;;;;2*+1;-1/p-1. The summed E-state index contributed by atoms with van der Waals surface area (Å²) in [5.74, 6) is 13.0. The van der Waals surface area contributed by atoms with Crippen LogP contribution in [0, 0.1) is 105 Å². The van der Waals surface area contributed by atoms with Crippen LogP contribution in [0.4, 0.5) is 22.7 Å². The van der Waals surface area contributed by atoms with Crippen molar-refractivity contribution in [2.24, 2.45) is 20.0 Å². The minimum Gasteiger partial charge on any atom is -1.00 e. The molecule has 1 N–H and O–H groups in total. The van der Waals surface area contributed by atoms with Crippen LogP contribution in [0.2, 0.25) is 19.6 Å². The number of aliphatic imine (C=N–C) groups is 4. The van der Waals surface area contributed by atoms with E-state index in [1.54, 1.807) is 0 Å². The van der Waals surface area contributed by atoms with E-state index in [1.807, 2.05) is 141 Å². The molecule has 578 valence electrons. The van der Waals surface area contributed by atoms with Crippen molar-refractivity contribution in [3.05, 3.63) is 314 Å². The molecule has 19 heteroatoms. The van der Waals surface area contributed by atoms with Crippen molar-refractivity contribution < 1.29 is 143 Å². The molecule has 0 amide bonds. The van der Waals surface area contributed by atoms with E-state index >= 15 is 0 Å². The molecule has 0 saturated heterocycles. The van der Waals surface area contributed by atoms with Crippen molar-refractivity contribution in [3.8, 4) is 35.6 Å². The van der Waals surface area contributed by atoms with Gasteiger partial charge in [0, 0.05) is 91.0 Å². The number of hydrogen-bond acceptors (Lipinski definition) is 14. The predicted octanol–water partition coefficient (Wildman–Crippen LogP) is 13.8. The molecule has 115 heavy (non-hydrogen) atoms. The zero-order chi connectivity index (χ0) is 81.3. The molecule has 4 aliphatic rings. The first-order valence-corrected chi connectivity index (χ1v) is 41.6. The van der Waals surface area contributed by atoms with Gasteiger partial charge in [-0.05, 0) is 277 Å². The number of aryl methyl sites for hydroxylation is 10. The second kappa shape index (κ2) is 47.4. The first-order valence-electron chi connectivity index (χ1n) is 36.6. The number of pyridine rings is 2. The number of benzene rings is 8. The molecule has 4 aliphatic heterocycles. The quantitative estimate of drug-likeness (QED) is 0.0430. The van der Waals surface area contributed by atoms with Crippen LogP contribution in [-0.2, 0) is 54.5 Å². The molecule has 0 aliphatic carbocycles. The minimum atomic E-state index is -1.42. The Labute approximate surface area is 783 Å². The van der Waals surface area contributed by atoms with Crippen LogP contribution in [0.5, 0.6) is 0 Å². The van der Waals surface area contributed by atoms with Gasteiger partial charge < -0.3 is 16.7 Å². The molecule has 0 radical (unpaired) electrons. The van der Waals surface area contributed by atoms with Gasteiger partial charge in [-0.25, -0.2) is 9.97 Å². The normalized spacial score (nSPS) is 12.6. The van der Waals surface area contributed by atoms with Gasteiger partial charge in [0.15, 0.2) is 0 Å². The summed E-state index contributed by atoms with van der Waals surface area (Å²) in [5, 5.41) is 15.4. The monoisotopic (exact) mass is 1720 g/mol. The van der Waals surface area contributed by atoms with Crippen molar-refractivity contribution >= 4 is 115 Å². The van der Waals surface area contributed by atoms with Crippen molar-refractivity contribution in [3.63, 3.8) is 0 Å². The number of hydrogen-bond donors (Lipinski definition) is 1. The number of aromatic nitrogens is 2. The Morgan fingerprint density at radius 2 is 0.722 bits per heavy atom. The first kappa shape index (κ1) is 97.5. The van der Waals surface area contributed by atoms with E-state index in [0.29, 0.717) is 51.4 Å². The third-order valence-electron chi connectivity index (χ3n) is 18.4. The van der Waals surface area contributed by atoms with Crippen LogP contribution < -0.4 is 108 Å². The maximum atomic E-state index is 12.5. The molecule has 8 aromatic carbocycles. The summed E-state index contributed by atoms with van der Waals surface area (Å²) in [7, 11) is -0.421. The van der Waals surface area contributed by atoms with E-state index < -0.39 is 8.07 Å². The molecule has 6 heterocycles. The molecule has 0 atom stereocenters. The Hall–Kier alpha value is -8.06. The molecule has 0 saturated carbocycles. The average molecular weight is 1730 g/mol. The second-order valence-electron chi connectivity index (χ2n) is 28.7. The Balaban J connectivity index is 0.000000306. The molecule has 0 spiro atoms. The molecule has 14 nitrogen and oxygen atoms in total. The van der Waals surface area contributed by atoms with Gasteiger partial charge in [-0.15, -0.1) is 12.0 Å². The summed E-state index contributed by atoms with van der Waals surface area (Å²) in [6.45, 7) is 27.0. The number of ketones is 4. The topological polar surface area (TPSA) is 213 Å². The minimum absolute atomic E-state index is 0. The van der Waals surface area contributed by atoms with Gasteiger partial charge in [-0.3, -0.25) is 43.9 Å². The first-order chi connectivity index (χ1) is 53.5. The van der Waals surface area contributed by atoms with E-state index in [0.717, 1.165) is 140 Å². The van der Waals surface area contributed by atoms with Gasteiger partial charge in [0.05, 0.1) is 45.6 Å². The maximum Gasteiger partial charge on any atom is 1.00 e. The van der Waals surface area contributed by atoms with E-state index in [9.17, 15) is 19.2 Å². The Bertz CT molecular complexity index is 5550. The van der Waals surface area contributed by atoms with Crippen molar-refractivity contribution in [2.75, 3.05) is 7.11 Å². The zero-order valence-electron chi connectivity index (χ0n) is 68.9. The third kappa shape index (κ3) is 30.4. The van der Waals surface area contributed by atoms with Crippen LogP contribution in [-0.4, -0.2) is 82.7 Å². The number of aliphatic hydroxyl groups is 1. The molecule has 0 bridgehead atoms. The summed E-state index contributed by atoms with van der Waals surface area (Å²) in [6.07, 6.45) is 8.71. The Kier molecular flexibility index (Phi) is 40.2. The summed E-state index contributed by atoms with van der Waals surface area (Å²) in [6, 6.07) is 60.0. The zero-order valence-corrected chi connectivity index (χ0v) is 78.3. The number of carbonyl (C=O) groups excluding carboxylic acids is 5. The van der Waals surface area contributed by atoms with E-state index in [1.165, 1.54) is 44.5 Å². The van der Waals surface area contributed by atoms with Gasteiger partial charge in [0.25, 0.3) is 6.47 Å². The number of halogens is 2. The summed E-state index contributed by atoms with van der Waals surface area (Å²) in [5.41, 5.74) is 33.3. The largest absolute Gasteiger partial charge is 1.00 e. The van der Waals surface area contributed by atoms with Gasteiger partial charge in [0.2, 0.25) is 0 Å². The fraction of sp³-hybridized carbons (Fsp3) is 0.240. The number of fused-ring (bicyclic) bond motifs is 4. The Morgan fingerprint density at radius 1 is 0.417 bits per heavy atom. The summed E-state index contributed by atoms with van der Waals surface area (Å²) < 4.78 is 1.90. The SMILES string of the molecule is C.C#Cc1cccc(C2=Nc3cc(C)c(C)cc3CC(=O)C2)c1.CO.Cc1cc2c(cc1C)N=C(c1cccc(Br)c1)CC(=O)C2.Cc1cc2c(cc1C)N=C(c1cccc(C#C[Si](C)(C)C)c1)CC(=O)C2.Cc1cccc(Br)n1.Cc1cccc(C#Cc2cccc(C3=Nc4cc(C)c(C)cc4CC(=O)C3)c2)n1.O=CO[O-].[H-].[K+].[K+]. The van der Waals surface area contributed by atoms with Gasteiger partial charge in [-0.1, -0.05) is 146 Å². The van der Waals surface area contributed by atoms with Crippen LogP contribution in [0.3, 0.4) is 0 Å². The summed E-state index contributed by atoms with van der Waals surface area (Å²) in [4.78, 5) is 88.5. The van der Waals surface area contributed by atoms with Crippen molar-refractivity contribution in [1.82, 2.24) is 9.97 Å². The fourth-order valence-corrected chi connectivity index (χ4v) is 13.6. The number of terminal acetylenes is 1. The van der Waals surface area contributed by atoms with Gasteiger partial charge >= 0.3 is 103 Å². The predicted molar refractivity (Wildman–Crippen MR) is 468 cm³/mol. The molecule has 14 rings (SSSR count). The van der Waals surface area contributed by atoms with Crippen LogP contribution in [0.1, 0.15) is 157 Å². The number of rotatable bonds is 5. The second-order valence-corrected chi connectivity index (χ2v) is 35.1. The van der Waals surface area contributed by atoms with E-state index in [2.05, 4.69) is 206 Å². The number of nitrogens with zero attached hydrogens (tertiary/aromatic N) is 6. The molecule has 0 unspecified atom stereocenters. The molecule has 2 aromatic heterocycles. The fourth-order valence-electron chi connectivity index (χ4n) is 12.2. The van der Waals surface area contributed by atoms with Crippen LogP contribution in [0.15, 0.2) is 211 Å². The van der Waals surface area contributed by atoms with Crippen molar-refractivity contribution in [1.29, 1.82) is 0 Å². The van der Waals surface area contributed by atoms with Crippen LogP contribution in [0.25, 0.3) is 0 Å². The molecule has 0 fully saturated rings. The molecular weight excluding hydrogens is 1630 g/mol. The average Bonchev–Trinajstić information content (AvgIpc) is 1.66. The van der Waals surface area contributed by atoms with Crippen molar-refractivity contribution in [2.45, 2.75) is 148 Å². The third-order valence-corrected chi connectivity index (χ3v) is 20.2. The van der Waals surface area contributed by atoms with E-state index in [-0.39, 0.29) is 141 Å². The number of carbonyl (C=O) groups is 5. The van der Waals surface area contributed by atoms with E-state index in [4.69, 9.17) is 41.6 Å². The maximum absolute atomic E-state index is 12.5. The number of aliphatic hydroxyl groups excluding tert-OH is 1. The Morgan fingerprint density at radius 3 is 1.03 bits per heavy atom.